The second-order valence-corrected chi connectivity index (χ2v) is 5.97. The Hall–Kier alpha value is 1.05. The Morgan fingerprint density at radius 3 is 2.21 bits per heavy atom. The van der Waals surface area contributed by atoms with Crippen molar-refractivity contribution in [2.75, 3.05) is 0 Å². The standard InChI is InChI=1S/C4H5O3.C3H8BIP.W/c5-3-1-2-4(6)7;1-3(2)4(5)6;/h1-2H2,(H,6,7);3H,1,6H2,2H3;/q2*-1;+2. The molecule has 0 rings (SSSR count). The molecule has 0 bridgehead atoms. The zero-order chi connectivity index (χ0) is 10.9. The van der Waals surface area contributed by atoms with Crippen molar-refractivity contribution in [1.82, 2.24) is 0 Å². The van der Waals surface area contributed by atoms with Crippen LogP contribution < -0.4 is 0 Å². The van der Waals surface area contributed by atoms with Crippen molar-refractivity contribution in [2.45, 2.75) is 25.6 Å². The Morgan fingerprint density at radius 2 is 2.14 bits per heavy atom. The van der Waals surface area contributed by atoms with Crippen molar-refractivity contribution in [1.29, 1.82) is 0 Å². The van der Waals surface area contributed by atoms with Crippen LogP contribution in [0.2, 0.25) is 5.82 Å². The Morgan fingerprint density at radius 1 is 1.79 bits per heavy atom. The van der Waals surface area contributed by atoms with Gasteiger partial charge >= 0.3 is 27.0 Å². The van der Waals surface area contributed by atoms with Crippen LogP contribution in [-0.2, 0) is 30.7 Å². The third-order valence-electron chi connectivity index (χ3n) is 0.985. The number of carboxylic acid groups (broad SMARTS) is 1. The molecule has 0 aromatic carbocycles. The summed E-state index contributed by atoms with van der Waals surface area (Å²) in [7, 11) is 2.70. The van der Waals surface area contributed by atoms with Gasteiger partial charge in [0.05, 0.1) is 0 Å². The number of carbonyl (C=O) groups is 1. The van der Waals surface area contributed by atoms with Crippen LogP contribution in [0.5, 0.6) is 0 Å². The van der Waals surface area contributed by atoms with E-state index in [0.29, 0.717) is 10.1 Å². The Kier molecular flexibility index (Phi) is 20.5. The SMILES string of the molecule is O=[C-]CCC(=O)O.[CH2-]C(C)B(P)I.[W+2]. The molecule has 0 aliphatic heterocycles. The van der Waals surface area contributed by atoms with E-state index in [1.54, 1.807) is 0 Å². The minimum atomic E-state index is -0.955. The summed E-state index contributed by atoms with van der Waals surface area (Å²) in [6.07, 6.45) is 1.36. The molecule has 0 aromatic rings. The van der Waals surface area contributed by atoms with Gasteiger partial charge in [-0.15, -0.1) is 28.8 Å². The third kappa shape index (κ3) is 23.1. The maximum Gasteiger partial charge on any atom is 2.00 e. The average molecular weight is 498 g/mol. The van der Waals surface area contributed by atoms with E-state index in [0.717, 1.165) is 0 Å². The van der Waals surface area contributed by atoms with Crippen molar-refractivity contribution < 1.29 is 35.8 Å². The number of aliphatic carboxylic acids is 1. The quantitative estimate of drug-likeness (QED) is 0.280. The molecule has 0 saturated carbocycles. The van der Waals surface area contributed by atoms with E-state index in [1.807, 2.05) is 0 Å². The van der Waals surface area contributed by atoms with Crippen LogP contribution in [0.3, 0.4) is 0 Å². The van der Waals surface area contributed by atoms with Crippen LogP contribution in [0, 0.1) is 6.92 Å². The fourth-order valence-electron chi connectivity index (χ4n) is 0.158. The van der Waals surface area contributed by atoms with Gasteiger partial charge < -0.3 is 16.8 Å². The first-order chi connectivity index (χ1) is 5.91. The molecule has 80 valence electrons. The maximum absolute atomic E-state index is 9.58. The third-order valence-corrected chi connectivity index (χ3v) is 2.87. The minimum absolute atomic E-state index is 0. The zero-order valence-electron chi connectivity index (χ0n) is 7.90. The van der Waals surface area contributed by atoms with Gasteiger partial charge in [-0.25, -0.2) is 0 Å². The molecule has 3 nitrogen and oxygen atoms in total. The van der Waals surface area contributed by atoms with Gasteiger partial charge in [0.25, 0.3) is 0 Å². The monoisotopic (exact) mass is 498 g/mol. The van der Waals surface area contributed by atoms with E-state index in [4.69, 9.17) is 5.11 Å². The first-order valence-corrected chi connectivity index (χ1v) is 5.62. The number of carbonyl (C=O) groups excluding carboxylic acids is 1. The number of hydrogen-bond donors (Lipinski definition) is 1. The summed E-state index contributed by atoms with van der Waals surface area (Å²) >= 11 is 2.33. The number of halogens is 1. The van der Waals surface area contributed by atoms with Crippen molar-refractivity contribution in [3.05, 3.63) is 6.92 Å². The molecule has 7 heteroatoms. The molecule has 2 unspecified atom stereocenters. The predicted octanol–water partition coefficient (Wildman–Crippen LogP) is 1.97. The zero-order valence-corrected chi connectivity index (χ0v) is 14.1. The van der Waals surface area contributed by atoms with E-state index in [-0.39, 0.29) is 33.9 Å². The summed E-state index contributed by atoms with van der Waals surface area (Å²) in [6.45, 7) is 5.91. The summed E-state index contributed by atoms with van der Waals surface area (Å²) in [5.74, 6) is -0.404. The number of hydrogen-bond acceptors (Lipinski definition) is 2. The predicted molar refractivity (Wildman–Crippen MR) is 66.8 cm³/mol. The molecular formula is C7H13BIO3PW. The van der Waals surface area contributed by atoms with Crippen LogP contribution in [0.1, 0.15) is 19.8 Å². The summed E-state index contributed by atoms with van der Waals surface area (Å²) < 4.78 is 0.627. The molecule has 0 spiro atoms. The molecule has 0 heterocycles. The van der Waals surface area contributed by atoms with E-state index in [9.17, 15) is 9.59 Å². The molecule has 0 saturated heterocycles. The maximum atomic E-state index is 9.58. The summed E-state index contributed by atoms with van der Waals surface area (Å²) in [5, 5.41) is 7.87. The van der Waals surface area contributed by atoms with Gasteiger partial charge in [0.2, 0.25) is 4.29 Å². The smallest absolute Gasteiger partial charge is 0.542 e. The average Bonchev–Trinajstić information content (AvgIpc) is 2.01. The summed E-state index contributed by atoms with van der Waals surface area (Å²) in [5.41, 5.74) is 0. The van der Waals surface area contributed by atoms with Crippen LogP contribution >= 0.6 is 31.5 Å². The largest absolute Gasteiger partial charge is 2.00 e. The first kappa shape index (κ1) is 20.5. The van der Waals surface area contributed by atoms with Crippen LogP contribution in [0.15, 0.2) is 0 Å². The van der Waals surface area contributed by atoms with Gasteiger partial charge in [0, 0.05) is 6.42 Å². The molecule has 0 aliphatic rings. The fourth-order valence-corrected chi connectivity index (χ4v) is 0.158. The van der Waals surface area contributed by atoms with Crippen molar-refractivity contribution >= 4 is 48.0 Å². The van der Waals surface area contributed by atoms with E-state index >= 15 is 0 Å². The van der Waals surface area contributed by atoms with Crippen molar-refractivity contribution in [2.24, 2.45) is 0 Å². The Bertz CT molecular complexity index is 152. The molecule has 14 heavy (non-hydrogen) atoms. The summed E-state index contributed by atoms with van der Waals surface area (Å²) in [6, 6.07) is 0. The second kappa shape index (κ2) is 14.1. The fraction of sp³-hybridized carbons (Fsp3) is 0.571. The molecule has 0 aromatic heterocycles. The molecule has 1 N–H and O–H groups in total. The minimum Gasteiger partial charge on any atom is -0.542 e. The van der Waals surface area contributed by atoms with Crippen LogP contribution in [-0.4, -0.2) is 21.7 Å². The number of rotatable bonds is 4. The van der Waals surface area contributed by atoms with E-state index in [1.165, 1.54) is 6.29 Å². The van der Waals surface area contributed by atoms with E-state index < -0.39 is 5.97 Å². The molecule has 0 amide bonds. The van der Waals surface area contributed by atoms with Gasteiger partial charge in [0.15, 0.2) is 0 Å². The molecule has 0 aliphatic carbocycles. The van der Waals surface area contributed by atoms with Crippen molar-refractivity contribution in [3.8, 4) is 0 Å². The molecule has 0 fully saturated rings. The topological polar surface area (TPSA) is 54.4 Å². The van der Waals surface area contributed by atoms with E-state index in [2.05, 4.69) is 45.3 Å². The summed E-state index contributed by atoms with van der Waals surface area (Å²) in [4.78, 5) is 18.9. The van der Waals surface area contributed by atoms with Gasteiger partial charge in [-0.1, -0.05) is 6.92 Å². The number of carboxylic acids is 1. The van der Waals surface area contributed by atoms with Crippen LogP contribution in [0.25, 0.3) is 0 Å². The van der Waals surface area contributed by atoms with Gasteiger partial charge in [-0.05, 0) is 0 Å². The van der Waals surface area contributed by atoms with Gasteiger partial charge in [-0.2, -0.15) is 14.9 Å². The van der Waals surface area contributed by atoms with Gasteiger partial charge in [-0.3, -0.25) is 11.1 Å². The molecule has 2 atom stereocenters. The second-order valence-electron chi connectivity index (χ2n) is 2.46. The Labute approximate surface area is 116 Å². The van der Waals surface area contributed by atoms with Crippen molar-refractivity contribution in [3.63, 3.8) is 0 Å². The normalized spacial score (nSPS) is 10.0. The van der Waals surface area contributed by atoms with Gasteiger partial charge in [0.1, 0.15) is 0 Å². The molecular weight excluding hydrogens is 485 g/mol. The molecule has 0 radical (unpaired) electrons. The van der Waals surface area contributed by atoms with Crippen LogP contribution in [0.4, 0.5) is 0 Å². The first-order valence-electron chi connectivity index (χ1n) is 3.71. The Balaban J connectivity index is -0.000000163.